The number of H-pyrrole nitrogens is 1. The van der Waals surface area contributed by atoms with Gasteiger partial charge in [0.2, 0.25) is 0 Å². The molecule has 176 valence electrons. The summed E-state index contributed by atoms with van der Waals surface area (Å²) in [6.45, 7) is 1.91. The average molecular weight is 476 g/mol. The van der Waals surface area contributed by atoms with E-state index in [1.54, 1.807) is 37.4 Å². The summed E-state index contributed by atoms with van der Waals surface area (Å²) in [5.41, 5.74) is 1.62. The lowest BCUT2D eigenvalue weighted by molar-refractivity contribution is 0.0942. The molecule has 5 aromatic rings. The number of nitrogens with one attached hydrogen (secondary N) is 3. The van der Waals surface area contributed by atoms with Gasteiger partial charge >= 0.3 is 5.76 Å². The Hall–Kier alpha value is -4.94. The third-order valence-corrected chi connectivity index (χ3v) is 5.09. The molecule has 0 saturated carbocycles. The van der Waals surface area contributed by atoms with Crippen LogP contribution in [0.2, 0.25) is 0 Å². The fraction of sp³-hybridized carbons (Fsp3) is 0.136. The average Bonchev–Trinajstić information content (AvgIpc) is 3.41. The van der Waals surface area contributed by atoms with E-state index in [4.69, 9.17) is 4.42 Å². The molecule has 3 N–H and O–H groups in total. The number of rotatable bonds is 6. The predicted molar refractivity (Wildman–Crippen MR) is 119 cm³/mol. The van der Waals surface area contributed by atoms with E-state index in [1.165, 1.54) is 6.07 Å². The number of oxazole rings is 1. The minimum absolute atomic E-state index is 0.0766. The number of hydrogen-bond donors (Lipinski definition) is 3. The Labute approximate surface area is 195 Å². The predicted octanol–water partition coefficient (Wildman–Crippen LogP) is 1.26. The van der Waals surface area contributed by atoms with Crippen molar-refractivity contribution in [1.29, 1.82) is 0 Å². The van der Waals surface area contributed by atoms with E-state index in [9.17, 15) is 18.8 Å². The van der Waals surface area contributed by atoms with E-state index >= 15 is 0 Å². The molecule has 0 saturated heterocycles. The first kappa shape index (κ1) is 21.9. The molecule has 0 fully saturated rings. The van der Waals surface area contributed by atoms with Crippen LogP contribution in [0.3, 0.4) is 0 Å². The van der Waals surface area contributed by atoms with Gasteiger partial charge in [-0.05, 0) is 30.7 Å². The van der Waals surface area contributed by atoms with Gasteiger partial charge in [-0.15, -0.1) is 0 Å². The summed E-state index contributed by atoms with van der Waals surface area (Å²) < 4.78 is 20.2. The van der Waals surface area contributed by atoms with Gasteiger partial charge in [0, 0.05) is 18.8 Å². The Kier molecular flexibility index (Phi) is 5.49. The number of carbonyl (C=O) groups is 2. The molecular formula is C22H17FN8O4. The lowest BCUT2D eigenvalue weighted by atomic mass is 10.2. The normalized spacial score (nSPS) is 11.1. The highest BCUT2D eigenvalue weighted by Gasteiger charge is 2.20. The topological polar surface area (TPSA) is 160 Å². The molecule has 12 nitrogen and oxygen atoms in total. The van der Waals surface area contributed by atoms with Crippen LogP contribution in [0.4, 0.5) is 4.39 Å². The van der Waals surface area contributed by atoms with Gasteiger partial charge in [-0.3, -0.25) is 14.6 Å². The second-order valence-electron chi connectivity index (χ2n) is 7.56. The summed E-state index contributed by atoms with van der Waals surface area (Å²) in [5.74, 6) is -2.04. The summed E-state index contributed by atoms with van der Waals surface area (Å²) in [7, 11) is 0. The van der Waals surface area contributed by atoms with Gasteiger partial charge in [0.1, 0.15) is 17.2 Å². The molecule has 0 aliphatic carbocycles. The van der Waals surface area contributed by atoms with Crippen molar-refractivity contribution in [2.75, 3.05) is 0 Å². The molecular weight excluding hydrogens is 459 g/mol. The lowest BCUT2D eigenvalue weighted by Crippen LogP contribution is -2.28. The highest BCUT2D eigenvalue weighted by atomic mass is 19.1. The van der Waals surface area contributed by atoms with E-state index in [0.29, 0.717) is 28.2 Å². The van der Waals surface area contributed by atoms with Crippen LogP contribution < -0.4 is 16.4 Å². The smallest absolute Gasteiger partial charge is 0.408 e. The van der Waals surface area contributed by atoms with Crippen LogP contribution in [0, 0.1) is 12.7 Å². The van der Waals surface area contributed by atoms with E-state index in [-0.39, 0.29) is 30.1 Å². The molecule has 0 radical (unpaired) electrons. The zero-order valence-corrected chi connectivity index (χ0v) is 18.2. The van der Waals surface area contributed by atoms with Crippen LogP contribution in [0.25, 0.3) is 16.7 Å². The maximum Gasteiger partial charge on any atom is 0.417 e. The Balaban J connectivity index is 1.37. The van der Waals surface area contributed by atoms with E-state index < -0.39 is 23.4 Å². The van der Waals surface area contributed by atoms with E-state index in [2.05, 4.69) is 35.7 Å². The van der Waals surface area contributed by atoms with Crippen molar-refractivity contribution in [2.24, 2.45) is 0 Å². The molecule has 0 bridgehead atoms. The molecule has 13 heteroatoms. The number of carbonyl (C=O) groups excluding carboxylic acids is 2. The number of aromatic amines is 1. The van der Waals surface area contributed by atoms with E-state index in [0.717, 1.165) is 10.7 Å². The Bertz CT molecular complexity index is 1650. The number of benzene rings is 1. The van der Waals surface area contributed by atoms with Gasteiger partial charge in [0.15, 0.2) is 17.0 Å². The number of hydrogen-bond acceptors (Lipinski definition) is 8. The van der Waals surface area contributed by atoms with Crippen molar-refractivity contribution < 1.29 is 18.4 Å². The van der Waals surface area contributed by atoms with Crippen molar-refractivity contribution in [3.05, 3.63) is 87.6 Å². The molecule has 0 unspecified atom stereocenters. The lowest BCUT2D eigenvalue weighted by Gasteiger charge is -2.10. The maximum absolute atomic E-state index is 14.3. The Morgan fingerprint density at radius 1 is 1.11 bits per heavy atom. The number of aromatic nitrogens is 6. The number of fused-ring (bicyclic) bond motifs is 2. The second kappa shape index (κ2) is 8.78. The summed E-state index contributed by atoms with van der Waals surface area (Å²) >= 11 is 0. The fourth-order valence-electron chi connectivity index (χ4n) is 3.46. The molecule has 0 atom stereocenters. The van der Waals surface area contributed by atoms with Gasteiger partial charge in [-0.25, -0.2) is 28.7 Å². The zero-order chi connectivity index (χ0) is 24.5. The molecule has 1 aromatic carbocycles. The second-order valence-corrected chi connectivity index (χ2v) is 7.56. The number of amides is 2. The van der Waals surface area contributed by atoms with Gasteiger partial charge in [0.25, 0.3) is 11.8 Å². The zero-order valence-electron chi connectivity index (χ0n) is 18.2. The van der Waals surface area contributed by atoms with Crippen LogP contribution in [0.1, 0.15) is 38.1 Å². The minimum atomic E-state index is -0.783. The molecule has 35 heavy (non-hydrogen) atoms. The minimum Gasteiger partial charge on any atom is -0.408 e. The summed E-state index contributed by atoms with van der Waals surface area (Å²) in [4.78, 5) is 51.8. The largest absolute Gasteiger partial charge is 0.417 e. The van der Waals surface area contributed by atoms with Crippen molar-refractivity contribution in [3.8, 4) is 0 Å². The van der Waals surface area contributed by atoms with Gasteiger partial charge in [-0.1, -0.05) is 6.07 Å². The monoisotopic (exact) mass is 476 g/mol. The molecule has 0 aliphatic rings. The van der Waals surface area contributed by atoms with Crippen LogP contribution >= 0.6 is 0 Å². The van der Waals surface area contributed by atoms with Crippen molar-refractivity contribution in [1.82, 2.24) is 40.2 Å². The third kappa shape index (κ3) is 4.46. The molecule has 5 rings (SSSR count). The quantitative estimate of drug-likeness (QED) is 0.330. The van der Waals surface area contributed by atoms with Crippen LogP contribution in [-0.2, 0) is 13.1 Å². The third-order valence-electron chi connectivity index (χ3n) is 5.09. The summed E-state index contributed by atoms with van der Waals surface area (Å²) in [6.07, 6.45) is 2.48. The van der Waals surface area contributed by atoms with E-state index in [1.807, 2.05) is 0 Å². The number of aryl methyl sites for hydroxylation is 1. The van der Waals surface area contributed by atoms with Crippen molar-refractivity contribution in [3.63, 3.8) is 0 Å². The first-order valence-corrected chi connectivity index (χ1v) is 10.4. The van der Waals surface area contributed by atoms with Gasteiger partial charge < -0.3 is 15.1 Å². The summed E-state index contributed by atoms with van der Waals surface area (Å²) in [6, 6.07) is 7.81. The SMILES string of the molecule is Cc1nccc(CNC(=O)c2cc(C(=O)NCc3ccc4oc(=O)[nH]c4c3)nc3c(F)cnn23)n1. The molecule has 0 spiro atoms. The van der Waals surface area contributed by atoms with Crippen LogP contribution in [0.15, 0.2) is 51.9 Å². The van der Waals surface area contributed by atoms with Gasteiger partial charge in [-0.2, -0.15) is 5.10 Å². The first-order chi connectivity index (χ1) is 16.9. The van der Waals surface area contributed by atoms with Crippen molar-refractivity contribution >= 4 is 28.6 Å². The molecule has 2 amide bonds. The number of halogens is 1. The Morgan fingerprint density at radius 3 is 2.77 bits per heavy atom. The highest BCUT2D eigenvalue weighted by molar-refractivity contribution is 5.98. The van der Waals surface area contributed by atoms with Crippen molar-refractivity contribution in [2.45, 2.75) is 20.0 Å². The summed E-state index contributed by atoms with van der Waals surface area (Å²) in [5, 5.41) is 9.20. The van der Waals surface area contributed by atoms with Gasteiger partial charge in [0.05, 0.1) is 24.0 Å². The Morgan fingerprint density at radius 2 is 1.94 bits per heavy atom. The standard InChI is InChI=1S/C22H17FN8O4/c1-11-24-5-4-13(28-11)9-26-21(33)17-7-16(29-19-14(23)10-27-31(17)19)20(32)25-8-12-2-3-18-15(6-12)30-22(34)35-18/h2-7,10H,8-9H2,1H3,(H,25,32)(H,26,33)(H,30,34). The number of nitrogens with zero attached hydrogens (tertiary/aromatic N) is 5. The fourth-order valence-corrected chi connectivity index (χ4v) is 3.46. The molecule has 0 aliphatic heterocycles. The molecule has 4 heterocycles. The van der Waals surface area contributed by atoms with Crippen LogP contribution in [0.5, 0.6) is 0 Å². The highest BCUT2D eigenvalue weighted by Crippen LogP contribution is 2.14. The van der Waals surface area contributed by atoms with Crippen LogP contribution in [-0.4, -0.2) is 41.4 Å². The first-order valence-electron chi connectivity index (χ1n) is 10.4. The maximum atomic E-state index is 14.3. The molecule has 4 aromatic heterocycles.